The number of benzene rings is 7. The van der Waals surface area contributed by atoms with Crippen LogP contribution in [0.2, 0.25) is 15.1 Å². The van der Waals surface area contributed by atoms with E-state index >= 15 is 28.8 Å². The number of nitrogens with one attached hydrogen (secondary N) is 7. The Morgan fingerprint density at radius 3 is 1.86 bits per heavy atom. The van der Waals surface area contributed by atoms with Gasteiger partial charge in [-0.2, -0.15) is 0 Å². The number of likely N-dealkylation sites (N-methyl/N-ethyl adjacent to an activating group) is 1. The number of amides is 8. The van der Waals surface area contributed by atoms with E-state index in [1.807, 2.05) is 36.4 Å². The number of aromatic hydroxyl groups is 3. The van der Waals surface area contributed by atoms with Gasteiger partial charge in [-0.1, -0.05) is 103 Å². The second-order valence-corrected chi connectivity index (χ2v) is 38.2. The third-order valence-corrected chi connectivity index (χ3v) is 26.0. The second-order valence-electron chi connectivity index (χ2n) is 35.2. The summed E-state index contributed by atoms with van der Waals surface area (Å²) in [6, 6.07) is 12.1. The van der Waals surface area contributed by atoms with Gasteiger partial charge < -0.3 is 157 Å². The summed E-state index contributed by atoms with van der Waals surface area (Å²) in [6.07, 6.45) is -27.6. The summed E-state index contributed by atoms with van der Waals surface area (Å²) in [6.45, 7) is 7.32. The number of hydrogen-bond donors (Lipinski definition) is 21. The fraction of sp³-hybridized carbons (Fsp3) is 0.429. The first-order valence-corrected chi connectivity index (χ1v) is 46.3. The molecule has 7 aromatic carbocycles. The maximum absolute atomic E-state index is 16.7. The molecule has 8 aliphatic rings. The van der Waals surface area contributed by atoms with E-state index in [4.69, 9.17) is 93.6 Å². The molecule has 7 aromatic rings. The van der Waals surface area contributed by atoms with Crippen LogP contribution in [-0.2, 0) is 87.4 Å². The zero-order valence-corrected chi connectivity index (χ0v) is 77.9. The van der Waals surface area contributed by atoms with Gasteiger partial charge >= 0.3 is 25.6 Å². The maximum atomic E-state index is 16.7. The molecule has 138 heavy (non-hydrogen) atoms. The summed E-state index contributed by atoms with van der Waals surface area (Å²) in [5.41, 5.74) is 8.96. The van der Waals surface area contributed by atoms with Gasteiger partial charge in [0.05, 0.1) is 60.1 Å². The van der Waals surface area contributed by atoms with E-state index in [1.54, 1.807) is 32.9 Å². The smallest absolute Gasteiger partial charge is 0.413 e. The Morgan fingerprint density at radius 1 is 0.652 bits per heavy atom. The average molecular weight is 2000 g/mol. The Hall–Kier alpha value is -11.7. The highest BCUT2D eigenvalue weighted by Gasteiger charge is 2.54. The number of carbonyl (C=O) groups excluding carboxylic acids is 9. The minimum absolute atomic E-state index is 0.156. The molecule has 23 N–H and O–H groups in total. The van der Waals surface area contributed by atoms with E-state index in [0.29, 0.717) is 9.92 Å². The van der Waals surface area contributed by atoms with Gasteiger partial charge in [-0.3, -0.25) is 47.8 Å². The van der Waals surface area contributed by atoms with Crippen molar-refractivity contribution in [1.82, 2.24) is 42.1 Å². The minimum Gasteiger partial charge on any atom is -0.508 e. The van der Waals surface area contributed by atoms with Gasteiger partial charge in [0.2, 0.25) is 60.2 Å². The SMILES string of the molecule is CC(C)C[C@H](C(=O)N[C@H]1C(=O)N[C@@H](CC(N)=O)C(=O)N[C@H]2C(=O)N[C@H]3C(=O)N[C@H](C(=O)N[C@H](C(=O)O)c4cc(O)cc(O)c4-c4cc3ccc4O)[C@H](O[C@H]3C[C@](C)(N)[C@@H](O)[C@H](C)O3)c3ccc(c(Cl)c3)Oc3cc2cc(c3OC2O[C@H](CO)[C@@H](O)[C@H](O)[C@H]2O[C@H]2C[C@](C)(NCc3ccc(-c4ccc(Cl)cc4)cc3)[C@@H](O)[C@H](C)O2)Oc2ccc(cc2Cl)[C@H]1O)N(C)C(=O)OCOC(=O)CCP(=O)(O)O. The molecule has 742 valence electrons. The van der Waals surface area contributed by atoms with Crippen LogP contribution in [0.15, 0.2) is 127 Å². The monoisotopic (exact) mass is 2000 g/mol. The van der Waals surface area contributed by atoms with E-state index < -0.39 is 329 Å². The number of nitrogens with zero attached hydrogens (tertiary/aromatic N) is 1. The molecule has 15 rings (SSSR count). The van der Waals surface area contributed by atoms with Crippen molar-refractivity contribution in [1.29, 1.82) is 0 Å². The molecule has 8 amide bonds. The van der Waals surface area contributed by atoms with Gasteiger partial charge in [-0.25, -0.2) is 9.59 Å². The fourth-order valence-electron chi connectivity index (χ4n) is 16.9. The number of aliphatic hydroxyl groups is 6. The third kappa shape index (κ3) is 23.9. The number of hydrogen-bond acceptors (Lipinski definition) is 32. The lowest BCUT2D eigenvalue weighted by Gasteiger charge is -2.48. The van der Waals surface area contributed by atoms with E-state index in [9.17, 15) is 84.6 Å². The zero-order valence-electron chi connectivity index (χ0n) is 74.7. The number of aliphatic hydroxyl groups excluding tert-OH is 6. The first kappa shape index (κ1) is 104. The van der Waals surface area contributed by atoms with E-state index in [2.05, 4.69) is 37.2 Å². The molecular formula is C91H104Cl3N10O33P. The van der Waals surface area contributed by atoms with Crippen molar-refractivity contribution in [3.05, 3.63) is 176 Å². The van der Waals surface area contributed by atoms with Crippen LogP contribution in [0.1, 0.15) is 137 Å². The number of carboxylic acid groups (broad SMARTS) is 1. The Balaban J connectivity index is 0.995. The normalized spacial score (nSPS) is 28.1. The lowest BCUT2D eigenvalue weighted by atomic mass is 9.84. The Labute approximate surface area is 802 Å². The molecule has 0 aliphatic carbocycles. The number of fused-ring (bicyclic) bond motifs is 15. The highest BCUT2D eigenvalue weighted by molar-refractivity contribution is 7.51. The Kier molecular flexibility index (Phi) is 32.3. The van der Waals surface area contributed by atoms with Crippen LogP contribution in [0.4, 0.5) is 4.79 Å². The zero-order chi connectivity index (χ0) is 100. The van der Waals surface area contributed by atoms with E-state index in [-0.39, 0.29) is 30.5 Å². The van der Waals surface area contributed by atoms with Crippen molar-refractivity contribution in [2.24, 2.45) is 17.4 Å². The highest BCUT2D eigenvalue weighted by atomic mass is 35.5. The number of halogens is 3. The molecule has 0 radical (unpaired) electrons. The molecule has 47 heteroatoms. The molecule has 11 bridgehead atoms. The predicted octanol–water partition coefficient (Wildman–Crippen LogP) is 4.41. The summed E-state index contributed by atoms with van der Waals surface area (Å²) in [7, 11) is -3.63. The van der Waals surface area contributed by atoms with Crippen molar-refractivity contribution in [2.75, 3.05) is 26.6 Å². The van der Waals surface area contributed by atoms with Crippen molar-refractivity contribution in [2.45, 2.75) is 213 Å². The van der Waals surface area contributed by atoms with Crippen LogP contribution < -0.4 is 62.9 Å². The number of carboxylic acids is 1. The third-order valence-electron chi connectivity index (χ3n) is 24.3. The van der Waals surface area contributed by atoms with Gasteiger partial charge in [0, 0.05) is 65.3 Å². The van der Waals surface area contributed by atoms with Gasteiger partial charge in [0.15, 0.2) is 36.2 Å². The molecular weight excluding hydrogens is 1900 g/mol. The molecule has 0 aromatic heterocycles. The van der Waals surface area contributed by atoms with E-state index in [0.717, 1.165) is 96.5 Å². The van der Waals surface area contributed by atoms with Crippen molar-refractivity contribution < 1.29 is 161 Å². The number of aliphatic carboxylic acids is 1. The van der Waals surface area contributed by atoms with Crippen LogP contribution in [-0.4, -0.2) is 255 Å². The lowest BCUT2D eigenvalue weighted by Crippen LogP contribution is -2.65. The quantitative estimate of drug-likeness (QED) is 0.0226. The summed E-state index contributed by atoms with van der Waals surface area (Å²) < 4.78 is 74.3. The van der Waals surface area contributed by atoms with Gasteiger partial charge in [-0.15, -0.1) is 0 Å². The Morgan fingerprint density at radius 2 is 1.25 bits per heavy atom. The first-order valence-electron chi connectivity index (χ1n) is 43.4. The lowest BCUT2D eigenvalue weighted by molar-refractivity contribution is -0.334. The standard InChI is InChI=1S/C91H104Cl3N10O33P/c1-38(2)24-55(104(7)89(124)129-37-128-64(110)22-23-138(125,126)127)82(117)102-71-73(111)45-15-20-58(52(93)26-45)132-60-28-47-29-61(77(60)137-88-78(75(113)74(112)62(36-105)134-88)136-66-34-91(6,80(115)40(4)131-66)97-35-41-8-10-42(11-9-41)43-12-17-48(92)18-13-43)133-59-21-16-46(27-53(59)94)76(135-65-33-90(5,96)79(114)39(3)130-65)72-86(121)101-70(87(122)123)51-30-49(106)31-57(108)67(51)50-25-44(14-19-56(50)107)68(83(118)103-72)100-84(119)69(47)99-81(116)54(32-63(95)109)98-85(71)120/h8-21,25-31,38-40,54-55,62,65-66,68-76,78-80,88,97,105-108,111-115H,22-24,32-37,96H2,1-7H3,(H2,95,109)(H,98,120)(H,99,116)(H,100,119)(H,101,121)(H,102,117)(H,103,118)(H,122,123)(H2,125,126,127)/t39-,40-,54-,55+,62+,65-,66-,68+,69+,70-,71+,72-,73+,74+,75-,76+,78+,79-,80-,88?,90-,91-/m0/s1. The summed E-state index contributed by atoms with van der Waals surface area (Å²) in [5, 5.41) is 135. The minimum atomic E-state index is -4.68. The molecule has 8 heterocycles. The molecule has 0 spiro atoms. The summed E-state index contributed by atoms with van der Waals surface area (Å²) in [5.74, 6) is -19.3. The van der Waals surface area contributed by atoms with Crippen molar-refractivity contribution >= 4 is 102 Å². The van der Waals surface area contributed by atoms with Crippen LogP contribution in [0, 0.1) is 5.92 Å². The van der Waals surface area contributed by atoms with Crippen LogP contribution in [0.3, 0.4) is 0 Å². The number of phenols is 3. The second kappa shape index (κ2) is 43.0. The maximum Gasteiger partial charge on any atom is 0.413 e. The number of primary amides is 1. The average Bonchev–Trinajstić information content (AvgIpc) is 0.754. The summed E-state index contributed by atoms with van der Waals surface area (Å²) in [4.78, 5) is 168. The molecule has 0 saturated carbocycles. The number of carbonyl (C=O) groups is 10. The number of phenolic OH excluding ortho intramolecular Hbond substituents is 3. The van der Waals surface area contributed by atoms with Gasteiger partial charge in [0.1, 0.15) is 95.5 Å². The van der Waals surface area contributed by atoms with Crippen LogP contribution >= 0.6 is 42.4 Å². The first-order chi connectivity index (χ1) is 65.1. The highest BCUT2D eigenvalue weighted by Crippen LogP contribution is 2.51. The fourth-order valence-corrected chi connectivity index (χ4v) is 18.0. The van der Waals surface area contributed by atoms with Gasteiger partial charge in [0.25, 0.3) is 0 Å². The van der Waals surface area contributed by atoms with Crippen molar-refractivity contribution in [3.63, 3.8) is 0 Å². The molecule has 8 aliphatic heterocycles. The number of rotatable bonds is 24. The largest absolute Gasteiger partial charge is 0.508 e. The van der Waals surface area contributed by atoms with E-state index in [1.165, 1.54) is 26.8 Å². The van der Waals surface area contributed by atoms with Crippen LogP contribution in [0.5, 0.6) is 46.0 Å². The molecule has 3 fully saturated rings. The topological polar surface area (TPSA) is 662 Å². The predicted molar refractivity (Wildman–Crippen MR) is 483 cm³/mol. The molecule has 43 nitrogen and oxygen atoms in total. The molecule has 1 unspecified atom stereocenters. The number of esters is 1. The van der Waals surface area contributed by atoms with Gasteiger partial charge in [-0.05, 0) is 146 Å². The number of nitrogens with two attached hydrogens (primary N) is 2. The van der Waals surface area contributed by atoms with Crippen LogP contribution in [0.25, 0.3) is 22.3 Å². The molecule has 22 atom stereocenters. The summed E-state index contributed by atoms with van der Waals surface area (Å²) >= 11 is 20.9. The Bertz CT molecular complexity index is 5830. The molecule has 3 saturated heterocycles. The van der Waals surface area contributed by atoms with Crippen molar-refractivity contribution in [3.8, 4) is 68.2 Å². The number of ether oxygens (including phenoxy) is 10.